The molecule has 1 saturated heterocycles. The molecule has 3 rings (SSSR count). The van der Waals surface area contributed by atoms with Gasteiger partial charge in [0.05, 0.1) is 11.7 Å². The van der Waals surface area contributed by atoms with Gasteiger partial charge < -0.3 is 14.9 Å². The highest BCUT2D eigenvalue weighted by Crippen LogP contribution is 2.35. The molecule has 7 nitrogen and oxygen atoms in total. The predicted octanol–water partition coefficient (Wildman–Crippen LogP) is -0.947. The zero-order valence-electron chi connectivity index (χ0n) is 10.4. The van der Waals surface area contributed by atoms with Crippen molar-refractivity contribution in [3.05, 3.63) is 32.6 Å². The van der Waals surface area contributed by atoms with Crippen LogP contribution in [-0.2, 0) is 4.74 Å². The van der Waals surface area contributed by atoms with E-state index >= 15 is 0 Å². The second-order valence-corrected chi connectivity index (χ2v) is 5.23. The van der Waals surface area contributed by atoms with Crippen LogP contribution in [0.1, 0.15) is 37.5 Å². The van der Waals surface area contributed by atoms with E-state index < -0.39 is 35.7 Å². The number of hydrogen-bond acceptors (Lipinski definition) is 5. The molecule has 1 aliphatic carbocycles. The highest BCUT2D eigenvalue weighted by molar-refractivity contribution is 5.15. The van der Waals surface area contributed by atoms with Gasteiger partial charge in [-0.15, -0.1) is 0 Å². The van der Waals surface area contributed by atoms with Gasteiger partial charge in [0.15, 0.2) is 0 Å². The summed E-state index contributed by atoms with van der Waals surface area (Å²) in [5.41, 5.74) is -0.841. The van der Waals surface area contributed by atoms with Crippen LogP contribution in [-0.4, -0.2) is 38.1 Å². The Bertz CT molecular complexity index is 603. The quantitative estimate of drug-likeness (QED) is 0.641. The molecule has 0 bridgehead atoms. The lowest BCUT2D eigenvalue weighted by Gasteiger charge is -2.15. The number of nitrogens with one attached hydrogen (secondary N) is 1. The molecule has 2 heterocycles. The van der Waals surface area contributed by atoms with E-state index in [0.29, 0.717) is 0 Å². The van der Waals surface area contributed by atoms with Gasteiger partial charge in [-0.1, -0.05) is 0 Å². The van der Waals surface area contributed by atoms with Gasteiger partial charge in [-0.3, -0.25) is 14.3 Å². The van der Waals surface area contributed by atoms with Crippen molar-refractivity contribution in [3.63, 3.8) is 0 Å². The molecule has 0 radical (unpaired) electrons. The molecular weight excluding hydrogens is 252 g/mol. The van der Waals surface area contributed by atoms with Gasteiger partial charge in [0, 0.05) is 12.2 Å². The Labute approximate surface area is 108 Å². The van der Waals surface area contributed by atoms with Gasteiger partial charge in [0.1, 0.15) is 18.3 Å². The van der Waals surface area contributed by atoms with Crippen molar-refractivity contribution in [1.82, 2.24) is 9.55 Å². The third-order valence-electron chi connectivity index (χ3n) is 3.74. The molecule has 1 aromatic rings. The van der Waals surface area contributed by atoms with Gasteiger partial charge >= 0.3 is 5.69 Å². The van der Waals surface area contributed by atoms with Crippen molar-refractivity contribution < 1.29 is 14.9 Å². The van der Waals surface area contributed by atoms with E-state index in [1.807, 2.05) is 0 Å². The van der Waals surface area contributed by atoms with E-state index in [4.69, 9.17) is 4.74 Å². The molecule has 0 aromatic carbocycles. The fourth-order valence-electron chi connectivity index (χ4n) is 2.43. The van der Waals surface area contributed by atoms with E-state index in [1.165, 1.54) is 10.8 Å². The topological polar surface area (TPSA) is 105 Å². The number of H-pyrrole nitrogens is 1. The number of aromatic amines is 1. The normalized spacial score (nSPS) is 34.7. The van der Waals surface area contributed by atoms with E-state index in [2.05, 4.69) is 4.98 Å². The van der Waals surface area contributed by atoms with Crippen LogP contribution in [0.5, 0.6) is 0 Å². The van der Waals surface area contributed by atoms with Crippen LogP contribution in [0, 0.1) is 0 Å². The summed E-state index contributed by atoms with van der Waals surface area (Å²) in [6.45, 7) is 1.62. The van der Waals surface area contributed by atoms with Crippen molar-refractivity contribution >= 4 is 0 Å². The molecule has 1 aliphatic heterocycles. The van der Waals surface area contributed by atoms with Crippen LogP contribution < -0.4 is 11.2 Å². The predicted molar refractivity (Wildman–Crippen MR) is 64.9 cm³/mol. The van der Waals surface area contributed by atoms with Crippen LogP contribution in [0.3, 0.4) is 0 Å². The molecule has 2 aliphatic rings. The number of rotatable bonds is 2. The molecule has 1 saturated carbocycles. The van der Waals surface area contributed by atoms with E-state index in [9.17, 15) is 19.8 Å². The highest BCUT2D eigenvalue weighted by Gasteiger charge is 2.42. The van der Waals surface area contributed by atoms with E-state index in [-0.39, 0.29) is 11.6 Å². The maximum absolute atomic E-state index is 11.8. The first-order chi connectivity index (χ1) is 8.99. The molecule has 0 spiro atoms. The third kappa shape index (κ3) is 2.03. The smallest absolute Gasteiger partial charge is 0.328 e. The van der Waals surface area contributed by atoms with Crippen molar-refractivity contribution in [2.24, 2.45) is 0 Å². The van der Waals surface area contributed by atoms with Gasteiger partial charge in [-0.2, -0.15) is 0 Å². The fourth-order valence-corrected chi connectivity index (χ4v) is 2.43. The summed E-state index contributed by atoms with van der Waals surface area (Å²) in [6, 6.07) is 0.115. The average molecular weight is 268 g/mol. The van der Waals surface area contributed by atoms with Crippen LogP contribution in [0.2, 0.25) is 0 Å². The lowest BCUT2D eigenvalue weighted by Crippen LogP contribution is -2.35. The second-order valence-electron chi connectivity index (χ2n) is 5.23. The minimum Gasteiger partial charge on any atom is -0.388 e. The Morgan fingerprint density at radius 1 is 1.32 bits per heavy atom. The Morgan fingerprint density at radius 2 is 2.00 bits per heavy atom. The number of hydrogen-bond donors (Lipinski definition) is 3. The van der Waals surface area contributed by atoms with Crippen molar-refractivity contribution in [2.45, 2.75) is 50.2 Å². The van der Waals surface area contributed by atoms with Gasteiger partial charge in [0.2, 0.25) is 0 Å². The van der Waals surface area contributed by atoms with Crippen molar-refractivity contribution in [2.75, 3.05) is 0 Å². The first kappa shape index (κ1) is 12.6. The molecule has 0 unspecified atom stereocenters. The first-order valence-corrected chi connectivity index (χ1v) is 6.36. The van der Waals surface area contributed by atoms with Gasteiger partial charge in [-0.25, -0.2) is 4.79 Å². The number of aliphatic hydroxyl groups excluding tert-OH is 2. The lowest BCUT2D eigenvalue weighted by molar-refractivity contribution is 0.0138. The summed E-state index contributed by atoms with van der Waals surface area (Å²) >= 11 is 0. The molecular formula is C12H16N2O5. The molecule has 0 amide bonds. The minimum absolute atomic E-state index is 0.115. The zero-order valence-corrected chi connectivity index (χ0v) is 10.4. The first-order valence-electron chi connectivity index (χ1n) is 6.36. The van der Waals surface area contributed by atoms with E-state index in [0.717, 1.165) is 12.8 Å². The Hall–Kier alpha value is -1.44. The number of ether oxygens (including phenoxy) is 1. The van der Waals surface area contributed by atoms with Crippen molar-refractivity contribution in [1.29, 1.82) is 0 Å². The van der Waals surface area contributed by atoms with Crippen LogP contribution in [0.4, 0.5) is 0 Å². The summed E-state index contributed by atoms with van der Waals surface area (Å²) in [5, 5.41) is 19.6. The zero-order chi connectivity index (χ0) is 13.7. The second kappa shape index (κ2) is 4.29. The van der Waals surface area contributed by atoms with Crippen LogP contribution in [0.15, 0.2) is 15.8 Å². The third-order valence-corrected chi connectivity index (χ3v) is 3.74. The maximum atomic E-state index is 11.8. The molecule has 1 aromatic heterocycles. The summed E-state index contributed by atoms with van der Waals surface area (Å²) in [4.78, 5) is 25.7. The number of aliphatic hydroxyl groups is 2. The molecule has 3 N–H and O–H groups in total. The summed E-state index contributed by atoms with van der Waals surface area (Å²) in [5.74, 6) is 0. The molecule has 4 atom stereocenters. The summed E-state index contributed by atoms with van der Waals surface area (Å²) in [6.07, 6.45) is -0.416. The average Bonchev–Trinajstić information content (AvgIpc) is 3.15. The van der Waals surface area contributed by atoms with Crippen LogP contribution >= 0.6 is 0 Å². The standard InChI is InChI=1S/C12H16N2O5/c1-5-8(15)9(16)10(19-5)7-4-14(6-2-3-6)12(18)13-11(7)17/h4-6,8-10,15-16H,2-3H2,1H3,(H,13,17,18)/t5-,8-,9-,10+/m1/s1. The SMILES string of the molecule is C[C@H]1O[C@@H](c2cn(C3CC3)c(=O)[nH]c2=O)[C@H](O)[C@@H]1O. The number of nitrogens with zero attached hydrogens (tertiary/aromatic N) is 1. The summed E-state index contributed by atoms with van der Waals surface area (Å²) in [7, 11) is 0. The largest absolute Gasteiger partial charge is 0.388 e. The molecule has 7 heteroatoms. The Morgan fingerprint density at radius 3 is 2.53 bits per heavy atom. The molecule has 104 valence electrons. The fraction of sp³-hybridized carbons (Fsp3) is 0.667. The van der Waals surface area contributed by atoms with Crippen molar-refractivity contribution in [3.8, 4) is 0 Å². The van der Waals surface area contributed by atoms with Crippen LogP contribution in [0.25, 0.3) is 0 Å². The number of aromatic nitrogens is 2. The lowest BCUT2D eigenvalue weighted by atomic mass is 10.0. The molecule has 19 heavy (non-hydrogen) atoms. The Kier molecular flexibility index (Phi) is 2.84. The van der Waals surface area contributed by atoms with Gasteiger partial charge in [0.25, 0.3) is 5.56 Å². The summed E-state index contributed by atoms with van der Waals surface area (Å²) < 4.78 is 6.87. The highest BCUT2D eigenvalue weighted by atomic mass is 16.5. The minimum atomic E-state index is -1.17. The van der Waals surface area contributed by atoms with E-state index in [1.54, 1.807) is 6.92 Å². The monoisotopic (exact) mass is 268 g/mol. The maximum Gasteiger partial charge on any atom is 0.328 e. The molecule has 2 fully saturated rings. The Balaban J connectivity index is 2.03. The van der Waals surface area contributed by atoms with Gasteiger partial charge in [-0.05, 0) is 19.8 Å².